The number of aromatic nitrogens is 3. The largest absolute Gasteiger partial charge is 0.478 e. The second-order valence-electron chi connectivity index (χ2n) is 4.08. The molecule has 3 rings (SSSR count). The van der Waals surface area contributed by atoms with Crippen molar-refractivity contribution < 1.29 is 14.3 Å². The van der Waals surface area contributed by atoms with E-state index in [2.05, 4.69) is 10.3 Å². The van der Waals surface area contributed by atoms with Gasteiger partial charge in [0.15, 0.2) is 0 Å². The molecule has 0 bridgehead atoms. The molecule has 20 heavy (non-hydrogen) atoms. The number of para-hydroxylation sites is 1. The highest BCUT2D eigenvalue weighted by Gasteiger charge is 2.15. The number of nitrogens with zero attached hydrogens (tertiary/aromatic N) is 3. The summed E-state index contributed by atoms with van der Waals surface area (Å²) in [5.41, 5.74) is 0.996. The number of benzene rings is 2. The van der Waals surface area contributed by atoms with E-state index in [1.807, 2.05) is 0 Å². The minimum absolute atomic E-state index is 0.0831. The van der Waals surface area contributed by atoms with Crippen LogP contribution < -0.4 is 0 Å². The molecule has 1 heterocycles. The first kappa shape index (κ1) is 12.6. The normalized spacial score (nSPS) is 10.9. The van der Waals surface area contributed by atoms with Crippen LogP contribution in [0.5, 0.6) is 0 Å². The lowest BCUT2D eigenvalue weighted by molar-refractivity contribution is 0.0697. The van der Waals surface area contributed by atoms with Crippen molar-refractivity contribution in [3.63, 3.8) is 0 Å². The maximum atomic E-state index is 13.9. The number of carbonyl (C=O) groups is 1. The Morgan fingerprint density at radius 1 is 1.30 bits per heavy atom. The van der Waals surface area contributed by atoms with Crippen LogP contribution in [0.2, 0.25) is 5.02 Å². The zero-order valence-corrected chi connectivity index (χ0v) is 10.7. The molecule has 0 aliphatic carbocycles. The molecule has 0 fully saturated rings. The Hall–Kier alpha value is -2.47. The second kappa shape index (κ2) is 4.57. The summed E-state index contributed by atoms with van der Waals surface area (Å²) in [6.45, 7) is 0. The minimum Gasteiger partial charge on any atom is -0.478 e. The average molecular weight is 292 g/mol. The Kier molecular flexibility index (Phi) is 2.87. The number of halogens is 2. The van der Waals surface area contributed by atoms with Crippen molar-refractivity contribution in [3.05, 3.63) is 52.8 Å². The molecule has 5 nitrogen and oxygen atoms in total. The van der Waals surface area contributed by atoms with E-state index in [1.54, 1.807) is 6.07 Å². The zero-order chi connectivity index (χ0) is 14.3. The predicted octanol–water partition coefficient (Wildman–Crippen LogP) is 2.91. The van der Waals surface area contributed by atoms with E-state index >= 15 is 0 Å². The van der Waals surface area contributed by atoms with Gasteiger partial charge in [0.05, 0.1) is 16.1 Å². The third kappa shape index (κ3) is 1.90. The molecule has 0 amide bonds. The molecule has 0 saturated carbocycles. The maximum Gasteiger partial charge on any atom is 0.335 e. The van der Waals surface area contributed by atoms with Crippen LogP contribution in [0.4, 0.5) is 4.39 Å². The molecule has 2 aromatic carbocycles. The molecule has 0 saturated heterocycles. The molecule has 1 N–H and O–H groups in total. The van der Waals surface area contributed by atoms with Gasteiger partial charge in [0.2, 0.25) is 0 Å². The summed E-state index contributed by atoms with van der Waals surface area (Å²) in [5, 5.41) is 16.8. The van der Waals surface area contributed by atoms with Gasteiger partial charge in [-0.15, -0.1) is 5.10 Å². The van der Waals surface area contributed by atoms with Crippen molar-refractivity contribution in [2.45, 2.75) is 0 Å². The molecule has 3 aromatic rings. The predicted molar refractivity (Wildman–Crippen MR) is 70.8 cm³/mol. The third-order valence-corrected chi connectivity index (χ3v) is 3.15. The smallest absolute Gasteiger partial charge is 0.335 e. The lowest BCUT2D eigenvalue weighted by Gasteiger charge is -2.06. The molecule has 0 spiro atoms. The summed E-state index contributed by atoms with van der Waals surface area (Å²) in [7, 11) is 0. The van der Waals surface area contributed by atoms with Crippen molar-refractivity contribution >= 4 is 28.6 Å². The summed E-state index contributed by atoms with van der Waals surface area (Å²) < 4.78 is 15.1. The number of aromatic carboxylic acids is 1. The lowest BCUT2D eigenvalue weighted by Crippen LogP contribution is -2.01. The number of rotatable bonds is 2. The molecule has 100 valence electrons. The SMILES string of the molecule is O=C(O)c1ccc2c(c1)nnn2-c1c(F)cccc1Cl. The topological polar surface area (TPSA) is 68.0 Å². The van der Waals surface area contributed by atoms with Gasteiger partial charge in [-0.05, 0) is 30.3 Å². The number of hydrogen-bond donors (Lipinski definition) is 1. The van der Waals surface area contributed by atoms with Gasteiger partial charge in [-0.3, -0.25) is 0 Å². The molecule has 0 aliphatic heterocycles. The van der Waals surface area contributed by atoms with Crippen LogP contribution in [0.15, 0.2) is 36.4 Å². The number of fused-ring (bicyclic) bond motifs is 1. The Morgan fingerprint density at radius 2 is 2.10 bits per heavy atom. The maximum absolute atomic E-state index is 13.9. The van der Waals surface area contributed by atoms with E-state index < -0.39 is 11.8 Å². The number of carboxylic acid groups (broad SMARTS) is 1. The molecule has 0 aliphatic rings. The summed E-state index contributed by atoms with van der Waals surface area (Å²) in [5.74, 6) is -1.60. The fourth-order valence-corrected chi connectivity index (χ4v) is 2.16. The van der Waals surface area contributed by atoms with E-state index in [4.69, 9.17) is 16.7 Å². The molecule has 0 atom stereocenters. The zero-order valence-electron chi connectivity index (χ0n) is 9.92. The van der Waals surface area contributed by atoms with E-state index in [0.29, 0.717) is 11.0 Å². The molecular formula is C13H7ClFN3O2. The van der Waals surface area contributed by atoms with Crippen molar-refractivity contribution in [2.75, 3.05) is 0 Å². The standard InChI is InChI=1S/C13H7ClFN3O2/c14-8-2-1-3-9(15)12(8)18-11-5-4-7(13(19)20)6-10(11)16-17-18/h1-6H,(H,19,20). The quantitative estimate of drug-likeness (QED) is 0.788. The highest BCUT2D eigenvalue weighted by Crippen LogP contribution is 2.26. The Morgan fingerprint density at radius 3 is 2.80 bits per heavy atom. The molecular weight excluding hydrogens is 285 g/mol. The molecule has 0 unspecified atom stereocenters. The van der Waals surface area contributed by atoms with Crippen LogP contribution in [-0.4, -0.2) is 26.1 Å². The van der Waals surface area contributed by atoms with Gasteiger partial charge in [0.25, 0.3) is 0 Å². The Bertz CT molecular complexity index is 811. The van der Waals surface area contributed by atoms with Gasteiger partial charge in [-0.25, -0.2) is 13.9 Å². The van der Waals surface area contributed by atoms with E-state index in [1.165, 1.54) is 35.0 Å². The van der Waals surface area contributed by atoms with Crippen LogP contribution >= 0.6 is 11.6 Å². The summed E-state index contributed by atoms with van der Waals surface area (Å²) >= 11 is 5.98. The van der Waals surface area contributed by atoms with Crippen LogP contribution in [0.3, 0.4) is 0 Å². The summed E-state index contributed by atoms with van der Waals surface area (Å²) in [4.78, 5) is 10.9. The van der Waals surface area contributed by atoms with Gasteiger partial charge < -0.3 is 5.11 Å². The van der Waals surface area contributed by atoms with Gasteiger partial charge in [-0.1, -0.05) is 22.9 Å². The number of hydrogen-bond acceptors (Lipinski definition) is 3. The molecule has 7 heteroatoms. The first-order valence-corrected chi connectivity index (χ1v) is 5.99. The van der Waals surface area contributed by atoms with Gasteiger partial charge in [-0.2, -0.15) is 0 Å². The van der Waals surface area contributed by atoms with Crippen molar-refractivity contribution in [2.24, 2.45) is 0 Å². The number of carboxylic acids is 1. The average Bonchev–Trinajstić information content (AvgIpc) is 2.81. The van der Waals surface area contributed by atoms with E-state index in [-0.39, 0.29) is 16.3 Å². The Labute approximate surface area is 117 Å². The third-order valence-electron chi connectivity index (χ3n) is 2.84. The lowest BCUT2D eigenvalue weighted by atomic mass is 10.2. The highest BCUT2D eigenvalue weighted by molar-refractivity contribution is 6.32. The first-order valence-electron chi connectivity index (χ1n) is 5.61. The van der Waals surface area contributed by atoms with Crippen molar-refractivity contribution in [3.8, 4) is 5.69 Å². The Balaban J connectivity index is 2.26. The summed E-state index contributed by atoms with van der Waals surface area (Å²) in [6.07, 6.45) is 0. The molecule has 0 radical (unpaired) electrons. The van der Waals surface area contributed by atoms with Crippen LogP contribution in [0.1, 0.15) is 10.4 Å². The highest BCUT2D eigenvalue weighted by atomic mass is 35.5. The van der Waals surface area contributed by atoms with E-state index in [0.717, 1.165) is 0 Å². The fraction of sp³-hybridized carbons (Fsp3) is 0. The first-order chi connectivity index (χ1) is 9.58. The summed E-state index contributed by atoms with van der Waals surface area (Å²) in [6, 6.07) is 8.58. The van der Waals surface area contributed by atoms with Crippen LogP contribution in [-0.2, 0) is 0 Å². The van der Waals surface area contributed by atoms with Crippen molar-refractivity contribution in [1.82, 2.24) is 15.0 Å². The second-order valence-corrected chi connectivity index (χ2v) is 4.49. The molecule has 1 aromatic heterocycles. The van der Waals surface area contributed by atoms with Gasteiger partial charge >= 0.3 is 5.97 Å². The fourth-order valence-electron chi connectivity index (χ4n) is 1.91. The van der Waals surface area contributed by atoms with E-state index in [9.17, 15) is 9.18 Å². The van der Waals surface area contributed by atoms with Crippen LogP contribution in [0.25, 0.3) is 16.7 Å². The monoisotopic (exact) mass is 291 g/mol. The van der Waals surface area contributed by atoms with Crippen LogP contribution in [0, 0.1) is 5.82 Å². The minimum atomic E-state index is -1.06. The van der Waals surface area contributed by atoms with Gasteiger partial charge in [0.1, 0.15) is 17.0 Å². The van der Waals surface area contributed by atoms with Crippen molar-refractivity contribution in [1.29, 1.82) is 0 Å². The van der Waals surface area contributed by atoms with Gasteiger partial charge in [0, 0.05) is 0 Å².